The van der Waals surface area contributed by atoms with Crippen LogP contribution in [0.15, 0.2) is 9.64 Å². The molecular formula is C11H19N3OS. The van der Waals surface area contributed by atoms with Gasteiger partial charge in [-0.1, -0.05) is 25.6 Å². The molecule has 0 saturated heterocycles. The molecule has 0 aromatic carbocycles. The number of thioether (sulfide) groups is 1. The van der Waals surface area contributed by atoms with E-state index in [1.807, 2.05) is 6.92 Å². The van der Waals surface area contributed by atoms with Gasteiger partial charge < -0.3 is 9.73 Å². The summed E-state index contributed by atoms with van der Waals surface area (Å²) in [5.41, 5.74) is 0. The maximum Gasteiger partial charge on any atom is 0.276 e. The molecule has 0 radical (unpaired) electrons. The van der Waals surface area contributed by atoms with Crippen molar-refractivity contribution in [2.75, 3.05) is 6.54 Å². The first-order valence-electron chi connectivity index (χ1n) is 5.91. The van der Waals surface area contributed by atoms with Gasteiger partial charge in [0.15, 0.2) is 0 Å². The van der Waals surface area contributed by atoms with Gasteiger partial charge in [0, 0.05) is 18.2 Å². The summed E-state index contributed by atoms with van der Waals surface area (Å²) in [4.78, 5) is 0. The molecule has 1 heterocycles. The minimum absolute atomic E-state index is 0.601. The molecule has 2 rings (SSSR count). The van der Waals surface area contributed by atoms with Crippen molar-refractivity contribution in [3.8, 4) is 0 Å². The lowest BCUT2D eigenvalue weighted by atomic mass is 10.1. The van der Waals surface area contributed by atoms with Crippen molar-refractivity contribution in [1.29, 1.82) is 0 Å². The maximum absolute atomic E-state index is 5.41. The molecule has 3 atom stereocenters. The highest BCUT2D eigenvalue weighted by Gasteiger charge is 2.33. The normalized spacial score (nSPS) is 29.8. The predicted octanol–water partition coefficient (Wildman–Crippen LogP) is 2.25. The SMILES string of the molecule is CCNC1CCC(Sc2nnc(C)o2)C1C. The van der Waals surface area contributed by atoms with Crippen LogP contribution in [0.4, 0.5) is 0 Å². The van der Waals surface area contributed by atoms with Crippen LogP contribution < -0.4 is 5.32 Å². The molecule has 5 heteroatoms. The second-order valence-electron chi connectivity index (χ2n) is 4.34. The number of rotatable bonds is 4. The number of aromatic nitrogens is 2. The zero-order chi connectivity index (χ0) is 11.5. The van der Waals surface area contributed by atoms with Crippen LogP contribution >= 0.6 is 11.8 Å². The average molecular weight is 241 g/mol. The molecule has 1 saturated carbocycles. The molecule has 1 aromatic rings. The summed E-state index contributed by atoms with van der Waals surface area (Å²) < 4.78 is 5.41. The quantitative estimate of drug-likeness (QED) is 0.876. The zero-order valence-corrected chi connectivity index (χ0v) is 10.9. The van der Waals surface area contributed by atoms with Crippen LogP contribution in [-0.2, 0) is 0 Å². The van der Waals surface area contributed by atoms with E-state index in [1.54, 1.807) is 11.8 Å². The minimum atomic E-state index is 0.601. The van der Waals surface area contributed by atoms with E-state index in [9.17, 15) is 0 Å². The lowest BCUT2D eigenvalue weighted by Crippen LogP contribution is -2.32. The monoisotopic (exact) mass is 241 g/mol. The standard InChI is InChI=1S/C11H19N3OS/c1-4-12-9-5-6-10(7(9)2)16-11-14-13-8(3)15-11/h7,9-10,12H,4-6H2,1-3H3. The van der Waals surface area contributed by atoms with Crippen molar-refractivity contribution < 1.29 is 4.42 Å². The van der Waals surface area contributed by atoms with E-state index in [2.05, 4.69) is 29.4 Å². The van der Waals surface area contributed by atoms with Gasteiger partial charge in [-0.2, -0.15) is 0 Å². The summed E-state index contributed by atoms with van der Waals surface area (Å²) in [6, 6.07) is 0.645. The fraction of sp³-hybridized carbons (Fsp3) is 0.818. The van der Waals surface area contributed by atoms with Crippen LogP contribution in [0, 0.1) is 12.8 Å². The lowest BCUT2D eigenvalue weighted by molar-refractivity contribution is 0.421. The predicted molar refractivity (Wildman–Crippen MR) is 64.5 cm³/mol. The number of hydrogen-bond donors (Lipinski definition) is 1. The van der Waals surface area contributed by atoms with E-state index in [-0.39, 0.29) is 0 Å². The van der Waals surface area contributed by atoms with Crippen molar-refractivity contribution >= 4 is 11.8 Å². The van der Waals surface area contributed by atoms with Crippen LogP contribution in [0.5, 0.6) is 0 Å². The molecule has 1 aliphatic carbocycles. The molecule has 0 bridgehead atoms. The van der Waals surface area contributed by atoms with Gasteiger partial charge in [-0.05, 0) is 25.3 Å². The van der Waals surface area contributed by atoms with E-state index >= 15 is 0 Å². The average Bonchev–Trinajstić information content (AvgIpc) is 2.80. The highest BCUT2D eigenvalue weighted by molar-refractivity contribution is 7.99. The Kier molecular flexibility index (Phi) is 3.86. The van der Waals surface area contributed by atoms with Gasteiger partial charge >= 0.3 is 0 Å². The fourth-order valence-corrected chi connectivity index (χ4v) is 3.47. The number of nitrogens with zero attached hydrogens (tertiary/aromatic N) is 2. The van der Waals surface area contributed by atoms with E-state index in [0.29, 0.717) is 28.3 Å². The molecule has 0 aliphatic heterocycles. The zero-order valence-electron chi connectivity index (χ0n) is 10.1. The highest BCUT2D eigenvalue weighted by Crippen LogP contribution is 2.38. The van der Waals surface area contributed by atoms with E-state index in [4.69, 9.17) is 4.42 Å². The van der Waals surface area contributed by atoms with Crippen LogP contribution in [0.3, 0.4) is 0 Å². The Morgan fingerprint density at radius 3 is 2.88 bits per heavy atom. The first-order chi connectivity index (χ1) is 7.70. The third-order valence-corrected chi connectivity index (χ3v) is 4.54. The third-order valence-electron chi connectivity index (χ3n) is 3.21. The summed E-state index contributed by atoms with van der Waals surface area (Å²) in [5, 5.41) is 12.7. The molecule has 90 valence electrons. The van der Waals surface area contributed by atoms with Crippen LogP contribution in [0.25, 0.3) is 0 Å². The third kappa shape index (κ3) is 2.58. The van der Waals surface area contributed by atoms with Gasteiger partial charge in [0.1, 0.15) is 0 Å². The summed E-state index contributed by atoms with van der Waals surface area (Å²) in [5.74, 6) is 1.31. The van der Waals surface area contributed by atoms with E-state index in [1.165, 1.54) is 12.8 Å². The maximum atomic E-state index is 5.41. The molecule has 1 fully saturated rings. The van der Waals surface area contributed by atoms with Gasteiger partial charge in [-0.25, -0.2) is 0 Å². The smallest absolute Gasteiger partial charge is 0.276 e. The summed E-state index contributed by atoms with van der Waals surface area (Å²) >= 11 is 1.73. The molecule has 4 nitrogen and oxygen atoms in total. The summed E-state index contributed by atoms with van der Waals surface area (Å²) in [6.07, 6.45) is 2.48. The molecule has 3 unspecified atom stereocenters. The van der Waals surface area contributed by atoms with Gasteiger partial charge in [0.05, 0.1) is 0 Å². The van der Waals surface area contributed by atoms with Crippen molar-refractivity contribution in [3.05, 3.63) is 5.89 Å². The second-order valence-corrected chi connectivity index (χ2v) is 5.53. The molecular weight excluding hydrogens is 222 g/mol. The first-order valence-corrected chi connectivity index (χ1v) is 6.78. The van der Waals surface area contributed by atoms with Crippen molar-refractivity contribution in [2.24, 2.45) is 5.92 Å². The van der Waals surface area contributed by atoms with Gasteiger partial charge in [-0.3, -0.25) is 0 Å². The highest BCUT2D eigenvalue weighted by atomic mass is 32.2. The minimum Gasteiger partial charge on any atom is -0.416 e. The van der Waals surface area contributed by atoms with Crippen molar-refractivity contribution in [3.63, 3.8) is 0 Å². The summed E-state index contributed by atoms with van der Waals surface area (Å²) in [7, 11) is 0. The van der Waals surface area contributed by atoms with Gasteiger partial charge in [-0.15, -0.1) is 10.2 Å². The van der Waals surface area contributed by atoms with E-state index < -0.39 is 0 Å². The molecule has 0 amide bonds. The van der Waals surface area contributed by atoms with Gasteiger partial charge in [0.2, 0.25) is 5.89 Å². The Hall–Kier alpha value is -0.550. The van der Waals surface area contributed by atoms with Crippen LogP contribution in [0.1, 0.15) is 32.6 Å². The number of nitrogens with one attached hydrogen (secondary N) is 1. The topological polar surface area (TPSA) is 51.0 Å². The molecule has 1 N–H and O–H groups in total. The molecule has 16 heavy (non-hydrogen) atoms. The van der Waals surface area contributed by atoms with Crippen LogP contribution in [0.2, 0.25) is 0 Å². The Morgan fingerprint density at radius 2 is 2.25 bits per heavy atom. The Balaban J connectivity index is 1.92. The first kappa shape index (κ1) is 11.9. The lowest BCUT2D eigenvalue weighted by Gasteiger charge is -2.19. The van der Waals surface area contributed by atoms with Crippen LogP contribution in [-0.4, -0.2) is 28.0 Å². The van der Waals surface area contributed by atoms with Crippen molar-refractivity contribution in [1.82, 2.24) is 15.5 Å². The number of aryl methyl sites for hydroxylation is 1. The van der Waals surface area contributed by atoms with Crippen molar-refractivity contribution in [2.45, 2.75) is 50.1 Å². The second kappa shape index (κ2) is 5.19. The molecule has 0 spiro atoms. The largest absolute Gasteiger partial charge is 0.416 e. The molecule has 1 aromatic heterocycles. The molecule has 1 aliphatic rings. The summed E-state index contributed by atoms with van der Waals surface area (Å²) in [6.45, 7) is 7.35. The van der Waals surface area contributed by atoms with Gasteiger partial charge in [0.25, 0.3) is 5.22 Å². The number of hydrogen-bond acceptors (Lipinski definition) is 5. The fourth-order valence-electron chi connectivity index (χ4n) is 2.30. The Bertz CT molecular complexity index is 342. The Labute approximate surface area is 101 Å². The Morgan fingerprint density at radius 1 is 1.44 bits per heavy atom. The van der Waals surface area contributed by atoms with E-state index in [0.717, 1.165) is 6.54 Å².